The van der Waals surface area contributed by atoms with Gasteiger partial charge in [-0.1, -0.05) is 32.9 Å². The number of hydrogen-bond donors (Lipinski definition) is 2. The summed E-state index contributed by atoms with van der Waals surface area (Å²) in [7, 11) is 2.91. The number of carbonyl (C=O) groups is 2. The Balaban J connectivity index is 2.04. The van der Waals surface area contributed by atoms with Crippen LogP contribution >= 0.6 is 0 Å². The van der Waals surface area contributed by atoms with Gasteiger partial charge in [-0.15, -0.1) is 0 Å². The first-order valence-electron chi connectivity index (χ1n) is 13.1. The molecule has 2 aromatic carbocycles. The largest absolute Gasteiger partial charge is 0.493 e. The summed E-state index contributed by atoms with van der Waals surface area (Å²) in [6, 6.07) is 9.83. The van der Waals surface area contributed by atoms with Gasteiger partial charge in [0.15, 0.2) is 11.5 Å². The normalized spacial score (nSPS) is 11.9. The highest BCUT2D eigenvalue weighted by Gasteiger charge is 2.19. The van der Waals surface area contributed by atoms with Crippen molar-refractivity contribution in [2.75, 3.05) is 20.8 Å². The van der Waals surface area contributed by atoms with Crippen LogP contribution in [-0.4, -0.2) is 47.8 Å². The van der Waals surface area contributed by atoms with E-state index in [2.05, 4.69) is 24.5 Å². The fraction of sp³-hybridized carbons (Fsp3) is 0.448. The first kappa shape index (κ1) is 29.5. The van der Waals surface area contributed by atoms with Crippen molar-refractivity contribution in [2.24, 2.45) is 5.92 Å². The molecule has 0 aliphatic rings. The van der Waals surface area contributed by atoms with Gasteiger partial charge in [0.25, 0.3) is 11.5 Å². The van der Waals surface area contributed by atoms with Crippen molar-refractivity contribution in [3.63, 3.8) is 0 Å². The third-order valence-corrected chi connectivity index (χ3v) is 6.62. The third kappa shape index (κ3) is 7.07. The number of nitrogens with one attached hydrogen (secondary N) is 2. The molecule has 39 heavy (non-hydrogen) atoms. The summed E-state index contributed by atoms with van der Waals surface area (Å²) in [5, 5.41) is 5.97. The van der Waals surface area contributed by atoms with Gasteiger partial charge < -0.3 is 20.1 Å². The van der Waals surface area contributed by atoms with Gasteiger partial charge in [0.05, 0.1) is 31.7 Å². The number of carbonyl (C=O) groups excluding carboxylic acids is 2. The van der Waals surface area contributed by atoms with Crippen LogP contribution in [0, 0.1) is 5.92 Å². The van der Waals surface area contributed by atoms with E-state index in [9.17, 15) is 19.2 Å². The Morgan fingerprint density at radius 1 is 0.949 bits per heavy atom. The summed E-state index contributed by atoms with van der Waals surface area (Å²) in [6.45, 7) is 8.22. The summed E-state index contributed by atoms with van der Waals surface area (Å²) in [5.74, 6) is 0.556. The van der Waals surface area contributed by atoms with Crippen molar-refractivity contribution in [1.82, 2.24) is 19.8 Å². The average molecular weight is 539 g/mol. The van der Waals surface area contributed by atoms with Crippen molar-refractivity contribution in [1.29, 1.82) is 0 Å². The molecule has 0 spiro atoms. The number of ether oxygens (including phenoxy) is 2. The zero-order valence-corrected chi connectivity index (χ0v) is 23.5. The van der Waals surface area contributed by atoms with Gasteiger partial charge >= 0.3 is 5.69 Å². The van der Waals surface area contributed by atoms with Gasteiger partial charge in [-0.05, 0) is 49.4 Å². The smallest absolute Gasteiger partial charge is 0.332 e. The average Bonchev–Trinajstić information content (AvgIpc) is 2.92. The minimum Gasteiger partial charge on any atom is -0.493 e. The van der Waals surface area contributed by atoms with Crippen LogP contribution in [0.5, 0.6) is 11.5 Å². The Labute approximate surface area is 227 Å². The van der Waals surface area contributed by atoms with Crippen molar-refractivity contribution in [3.05, 3.63) is 68.4 Å². The Morgan fingerprint density at radius 3 is 2.18 bits per heavy atom. The Kier molecular flexibility index (Phi) is 9.92. The van der Waals surface area contributed by atoms with E-state index < -0.39 is 11.2 Å². The summed E-state index contributed by atoms with van der Waals surface area (Å²) >= 11 is 0. The molecule has 0 bridgehead atoms. The quantitative estimate of drug-likeness (QED) is 0.366. The highest BCUT2D eigenvalue weighted by molar-refractivity contribution is 5.94. The molecule has 3 aromatic rings. The lowest BCUT2D eigenvalue weighted by molar-refractivity contribution is -0.121. The second kappa shape index (κ2) is 13.1. The first-order chi connectivity index (χ1) is 18.6. The molecule has 1 heterocycles. The second-order valence-electron chi connectivity index (χ2n) is 10.00. The Bertz CT molecular complexity index is 1440. The predicted octanol–water partition coefficient (Wildman–Crippen LogP) is 2.92. The van der Waals surface area contributed by atoms with Crippen molar-refractivity contribution in [2.45, 2.75) is 59.7 Å². The maximum Gasteiger partial charge on any atom is 0.332 e. The predicted molar refractivity (Wildman–Crippen MR) is 151 cm³/mol. The standard InChI is InChI=1S/C29H38N4O6/c1-7-19(4)31-27(35)21-10-8-20(9-11-21)16-33-28(36)22-14-24(38-5)25(39-6)15-23(22)32(29(33)37)17-26(34)30-13-12-18(2)3/h8-11,14-15,18-19H,7,12-13,16-17H2,1-6H3,(H,30,34)(H,31,35)/t19-/m1/s1. The molecule has 0 aliphatic carbocycles. The number of amides is 2. The van der Waals surface area contributed by atoms with Gasteiger partial charge in [-0.2, -0.15) is 0 Å². The van der Waals surface area contributed by atoms with E-state index in [1.807, 2.05) is 13.8 Å². The van der Waals surface area contributed by atoms with Gasteiger partial charge in [-0.3, -0.25) is 23.5 Å². The SMILES string of the molecule is CC[C@@H](C)NC(=O)c1ccc(Cn2c(=O)c3cc(OC)c(OC)cc3n(CC(=O)NCCC(C)C)c2=O)cc1. The molecular weight excluding hydrogens is 500 g/mol. The molecule has 2 N–H and O–H groups in total. The number of rotatable bonds is 12. The Morgan fingerprint density at radius 2 is 1.59 bits per heavy atom. The van der Waals surface area contributed by atoms with Gasteiger partial charge in [0.1, 0.15) is 6.54 Å². The zero-order chi connectivity index (χ0) is 28.7. The minimum atomic E-state index is -0.627. The van der Waals surface area contributed by atoms with Crippen molar-refractivity contribution >= 4 is 22.7 Å². The summed E-state index contributed by atoms with van der Waals surface area (Å²) in [5.41, 5.74) is 0.262. The van der Waals surface area contributed by atoms with E-state index in [1.165, 1.54) is 30.9 Å². The van der Waals surface area contributed by atoms with E-state index in [1.54, 1.807) is 24.3 Å². The van der Waals surface area contributed by atoms with Crippen LogP contribution in [0.2, 0.25) is 0 Å². The molecule has 0 fully saturated rings. The van der Waals surface area contributed by atoms with Crippen molar-refractivity contribution < 1.29 is 19.1 Å². The van der Waals surface area contributed by atoms with Crippen LogP contribution in [-0.2, 0) is 17.9 Å². The molecule has 10 heteroatoms. The molecule has 0 saturated carbocycles. The maximum atomic E-state index is 13.6. The molecule has 0 saturated heterocycles. The molecule has 0 unspecified atom stereocenters. The number of benzene rings is 2. The topological polar surface area (TPSA) is 121 Å². The van der Waals surface area contributed by atoms with E-state index >= 15 is 0 Å². The monoisotopic (exact) mass is 538 g/mol. The molecule has 10 nitrogen and oxygen atoms in total. The van der Waals surface area contributed by atoms with Gasteiger partial charge in [0.2, 0.25) is 5.91 Å². The third-order valence-electron chi connectivity index (χ3n) is 6.62. The van der Waals surface area contributed by atoms with E-state index in [4.69, 9.17) is 9.47 Å². The highest BCUT2D eigenvalue weighted by atomic mass is 16.5. The maximum absolute atomic E-state index is 13.6. The van der Waals surface area contributed by atoms with E-state index in [-0.39, 0.29) is 41.8 Å². The zero-order valence-electron chi connectivity index (χ0n) is 23.5. The lowest BCUT2D eigenvalue weighted by Crippen LogP contribution is -2.43. The van der Waals surface area contributed by atoms with E-state index in [0.29, 0.717) is 35.1 Å². The summed E-state index contributed by atoms with van der Waals surface area (Å²) in [4.78, 5) is 52.3. The fourth-order valence-electron chi connectivity index (χ4n) is 4.09. The highest BCUT2D eigenvalue weighted by Crippen LogP contribution is 2.30. The molecule has 210 valence electrons. The molecule has 3 rings (SSSR count). The minimum absolute atomic E-state index is 0.0375. The van der Waals surface area contributed by atoms with E-state index in [0.717, 1.165) is 17.4 Å². The number of fused-ring (bicyclic) bond motifs is 1. The molecule has 0 radical (unpaired) electrons. The van der Waals surface area contributed by atoms with Crippen LogP contribution in [0.25, 0.3) is 10.9 Å². The molecule has 1 aromatic heterocycles. The molecular formula is C29H38N4O6. The van der Waals surface area contributed by atoms with Crippen molar-refractivity contribution in [3.8, 4) is 11.5 Å². The molecule has 2 amide bonds. The van der Waals surface area contributed by atoms with Crippen LogP contribution < -0.4 is 31.4 Å². The first-order valence-corrected chi connectivity index (χ1v) is 13.1. The Hall–Kier alpha value is -4.08. The van der Waals surface area contributed by atoms with Gasteiger partial charge in [-0.25, -0.2) is 4.79 Å². The molecule has 0 aliphatic heterocycles. The van der Waals surface area contributed by atoms with Gasteiger partial charge in [0, 0.05) is 24.2 Å². The summed E-state index contributed by atoms with van der Waals surface area (Å²) in [6.07, 6.45) is 1.62. The number of aromatic nitrogens is 2. The number of nitrogens with zero attached hydrogens (tertiary/aromatic N) is 2. The molecule has 1 atom stereocenters. The lowest BCUT2D eigenvalue weighted by Gasteiger charge is -2.17. The van der Waals surface area contributed by atoms with Crippen LogP contribution in [0.4, 0.5) is 0 Å². The summed E-state index contributed by atoms with van der Waals surface area (Å²) < 4.78 is 13.1. The van der Waals surface area contributed by atoms with Crippen LogP contribution in [0.15, 0.2) is 46.0 Å². The number of hydrogen-bond acceptors (Lipinski definition) is 6. The van der Waals surface area contributed by atoms with Crippen LogP contribution in [0.3, 0.4) is 0 Å². The second-order valence-corrected chi connectivity index (χ2v) is 10.00. The van der Waals surface area contributed by atoms with Crippen LogP contribution in [0.1, 0.15) is 56.5 Å². The fourth-order valence-corrected chi connectivity index (χ4v) is 4.09. The lowest BCUT2D eigenvalue weighted by atomic mass is 10.1. The number of methoxy groups -OCH3 is 2.